The van der Waals surface area contributed by atoms with Crippen molar-refractivity contribution in [1.82, 2.24) is 9.97 Å². The number of aromatic nitrogens is 2. The van der Waals surface area contributed by atoms with Crippen LogP contribution in [0.2, 0.25) is 0 Å². The Morgan fingerprint density at radius 2 is 2.00 bits per heavy atom. The fourth-order valence-electron chi connectivity index (χ4n) is 2.23. The van der Waals surface area contributed by atoms with E-state index < -0.39 is 0 Å². The van der Waals surface area contributed by atoms with E-state index in [0.29, 0.717) is 17.8 Å². The molecule has 2 N–H and O–H groups in total. The number of hydrogen-bond acceptors (Lipinski definition) is 4. The van der Waals surface area contributed by atoms with Crippen LogP contribution in [0.1, 0.15) is 57.3 Å². The lowest BCUT2D eigenvalue weighted by atomic mass is 10.2. The molecule has 1 fully saturated rings. The molecule has 1 unspecified atom stereocenters. The molecule has 1 aromatic heterocycles. The summed E-state index contributed by atoms with van der Waals surface area (Å²) in [6.45, 7) is 9.58. The van der Waals surface area contributed by atoms with Crippen LogP contribution in [0.25, 0.3) is 0 Å². The molecule has 100 valence electrons. The van der Waals surface area contributed by atoms with Crippen molar-refractivity contribution in [3.8, 4) is 0 Å². The van der Waals surface area contributed by atoms with Gasteiger partial charge in [0.05, 0.1) is 0 Å². The second-order valence-electron chi connectivity index (χ2n) is 5.23. The molecular formula is C14H24N4. The zero-order chi connectivity index (χ0) is 13.3. The summed E-state index contributed by atoms with van der Waals surface area (Å²) in [7, 11) is 0. The van der Waals surface area contributed by atoms with Crippen LogP contribution in [0.5, 0.6) is 0 Å². The van der Waals surface area contributed by atoms with Gasteiger partial charge in [0.15, 0.2) is 0 Å². The summed E-state index contributed by atoms with van der Waals surface area (Å²) in [6, 6.07) is 0.482. The third-order valence-electron chi connectivity index (χ3n) is 3.85. The Bertz CT molecular complexity index is 426. The van der Waals surface area contributed by atoms with Gasteiger partial charge < -0.3 is 10.6 Å². The Morgan fingerprint density at radius 1 is 1.33 bits per heavy atom. The number of hydrogen-bond donors (Lipinski definition) is 1. The second kappa shape index (κ2) is 5.12. The van der Waals surface area contributed by atoms with E-state index >= 15 is 0 Å². The summed E-state index contributed by atoms with van der Waals surface area (Å²) in [5, 5.41) is 0. The first-order valence-electron chi connectivity index (χ1n) is 6.99. The Labute approximate surface area is 110 Å². The monoisotopic (exact) mass is 248 g/mol. The standard InChI is InChI=1S/C14H24N4/c1-5-9(3)18(6-2)14-10(4)12(15)16-13(17-14)11-7-8-11/h9,11H,5-8H2,1-4H3,(H2,15,16,17). The maximum Gasteiger partial charge on any atom is 0.137 e. The molecule has 4 nitrogen and oxygen atoms in total. The highest BCUT2D eigenvalue weighted by molar-refractivity contribution is 5.57. The van der Waals surface area contributed by atoms with Crippen molar-refractivity contribution in [2.45, 2.75) is 58.9 Å². The fourth-order valence-corrected chi connectivity index (χ4v) is 2.23. The minimum Gasteiger partial charge on any atom is -0.383 e. The SMILES string of the molecule is CCC(C)N(CC)c1nc(C2CC2)nc(N)c1C. The normalized spacial score (nSPS) is 16.7. The van der Waals surface area contributed by atoms with Gasteiger partial charge in [-0.15, -0.1) is 0 Å². The van der Waals surface area contributed by atoms with Crippen LogP contribution in [-0.2, 0) is 0 Å². The molecule has 2 rings (SSSR count). The van der Waals surface area contributed by atoms with E-state index in [0.717, 1.165) is 30.2 Å². The summed E-state index contributed by atoms with van der Waals surface area (Å²) in [4.78, 5) is 11.5. The largest absolute Gasteiger partial charge is 0.383 e. The van der Waals surface area contributed by atoms with Gasteiger partial charge in [0.2, 0.25) is 0 Å². The summed E-state index contributed by atoms with van der Waals surface area (Å²) in [5.74, 6) is 3.15. The first kappa shape index (κ1) is 13.1. The van der Waals surface area contributed by atoms with Crippen LogP contribution in [0.4, 0.5) is 11.6 Å². The van der Waals surface area contributed by atoms with Gasteiger partial charge in [0, 0.05) is 24.1 Å². The number of nitrogen functional groups attached to an aromatic ring is 1. The molecule has 1 atom stereocenters. The van der Waals surface area contributed by atoms with Crippen molar-refractivity contribution in [1.29, 1.82) is 0 Å². The van der Waals surface area contributed by atoms with Crippen LogP contribution in [0, 0.1) is 6.92 Å². The molecule has 1 saturated carbocycles. The minimum atomic E-state index is 0.482. The van der Waals surface area contributed by atoms with Crippen molar-refractivity contribution in [2.24, 2.45) is 0 Å². The molecule has 1 aromatic rings. The molecule has 1 aliphatic rings. The van der Waals surface area contributed by atoms with Crippen LogP contribution >= 0.6 is 0 Å². The van der Waals surface area contributed by atoms with E-state index in [-0.39, 0.29) is 0 Å². The van der Waals surface area contributed by atoms with E-state index in [2.05, 4.69) is 30.7 Å². The average Bonchev–Trinajstić information content (AvgIpc) is 3.18. The van der Waals surface area contributed by atoms with Crippen molar-refractivity contribution in [3.05, 3.63) is 11.4 Å². The summed E-state index contributed by atoms with van der Waals surface area (Å²) < 4.78 is 0. The molecule has 0 aromatic carbocycles. The summed E-state index contributed by atoms with van der Waals surface area (Å²) in [5.41, 5.74) is 7.06. The smallest absolute Gasteiger partial charge is 0.137 e. The van der Waals surface area contributed by atoms with Gasteiger partial charge in [-0.2, -0.15) is 0 Å². The lowest BCUT2D eigenvalue weighted by Crippen LogP contribution is -2.34. The van der Waals surface area contributed by atoms with Gasteiger partial charge in [-0.1, -0.05) is 6.92 Å². The molecule has 0 radical (unpaired) electrons. The molecule has 1 heterocycles. The molecule has 0 saturated heterocycles. The maximum absolute atomic E-state index is 6.04. The lowest BCUT2D eigenvalue weighted by Gasteiger charge is -2.30. The molecule has 4 heteroatoms. The van der Waals surface area contributed by atoms with Gasteiger partial charge in [-0.25, -0.2) is 9.97 Å². The van der Waals surface area contributed by atoms with Gasteiger partial charge in [-0.3, -0.25) is 0 Å². The van der Waals surface area contributed by atoms with Crippen LogP contribution < -0.4 is 10.6 Å². The highest BCUT2D eigenvalue weighted by atomic mass is 15.2. The number of nitrogens with two attached hydrogens (primary N) is 1. The van der Waals surface area contributed by atoms with Crippen molar-refractivity contribution in [2.75, 3.05) is 17.2 Å². The first-order valence-corrected chi connectivity index (χ1v) is 6.99. The van der Waals surface area contributed by atoms with E-state index in [1.807, 2.05) is 6.92 Å². The molecule has 0 aliphatic heterocycles. The lowest BCUT2D eigenvalue weighted by molar-refractivity contribution is 0.618. The Balaban J connectivity index is 2.40. The fraction of sp³-hybridized carbons (Fsp3) is 0.714. The quantitative estimate of drug-likeness (QED) is 0.870. The number of anilines is 2. The zero-order valence-electron chi connectivity index (χ0n) is 11.9. The predicted molar refractivity (Wildman–Crippen MR) is 75.9 cm³/mol. The minimum absolute atomic E-state index is 0.482. The van der Waals surface area contributed by atoms with E-state index in [4.69, 9.17) is 10.7 Å². The highest BCUT2D eigenvalue weighted by Gasteiger charge is 2.29. The third kappa shape index (κ3) is 2.42. The molecule has 0 bridgehead atoms. The predicted octanol–water partition coefficient (Wildman–Crippen LogP) is 2.87. The number of rotatable bonds is 5. The molecule has 0 amide bonds. The van der Waals surface area contributed by atoms with Crippen molar-refractivity contribution in [3.63, 3.8) is 0 Å². The van der Waals surface area contributed by atoms with Gasteiger partial charge in [0.25, 0.3) is 0 Å². The van der Waals surface area contributed by atoms with E-state index in [1.54, 1.807) is 0 Å². The highest BCUT2D eigenvalue weighted by Crippen LogP contribution is 2.39. The Kier molecular flexibility index (Phi) is 3.73. The average molecular weight is 248 g/mol. The van der Waals surface area contributed by atoms with Gasteiger partial charge in [-0.05, 0) is 40.0 Å². The Hall–Kier alpha value is -1.32. The zero-order valence-corrected chi connectivity index (χ0v) is 11.9. The van der Waals surface area contributed by atoms with Gasteiger partial charge >= 0.3 is 0 Å². The van der Waals surface area contributed by atoms with E-state index in [1.165, 1.54) is 12.8 Å². The van der Waals surface area contributed by atoms with Crippen LogP contribution in [-0.4, -0.2) is 22.6 Å². The van der Waals surface area contributed by atoms with Crippen molar-refractivity contribution < 1.29 is 0 Å². The van der Waals surface area contributed by atoms with E-state index in [9.17, 15) is 0 Å². The molecule has 18 heavy (non-hydrogen) atoms. The maximum atomic E-state index is 6.04. The third-order valence-corrected chi connectivity index (χ3v) is 3.85. The van der Waals surface area contributed by atoms with Gasteiger partial charge in [0.1, 0.15) is 17.5 Å². The number of nitrogens with zero attached hydrogens (tertiary/aromatic N) is 3. The summed E-state index contributed by atoms with van der Waals surface area (Å²) >= 11 is 0. The van der Waals surface area contributed by atoms with Crippen molar-refractivity contribution >= 4 is 11.6 Å². The van der Waals surface area contributed by atoms with Crippen LogP contribution in [0.15, 0.2) is 0 Å². The Morgan fingerprint density at radius 3 is 2.50 bits per heavy atom. The first-order chi connectivity index (χ1) is 8.58. The summed E-state index contributed by atoms with van der Waals surface area (Å²) in [6.07, 6.45) is 3.52. The van der Waals surface area contributed by atoms with Crippen LogP contribution in [0.3, 0.4) is 0 Å². The molecule has 1 aliphatic carbocycles. The second-order valence-corrected chi connectivity index (χ2v) is 5.23. The molecule has 0 spiro atoms. The molecular weight excluding hydrogens is 224 g/mol. The topological polar surface area (TPSA) is 55.0 Å².